The van der Waals surface area contributed by atoms with Gasteiger partial charge in [0.15, 0.2) is 0 Å². The first-order chi connectivity index (χ1) is 15.4. The lowest BCUT2D eigenvalue weighted by Gasteiger charge is -2.07. The van der Waals surface area contributed by atoms with Crippen LogP contribution in [0.1, 0.15) is 23.6 Å². The number of hydrogen-bond acceptors (Lipinski definition) is 3. The molecule has 160 valence electrons. The fourth-order valence-electron chi connectivity index (χ4n) is 3.56. The van der Waals surface area contributed by atoms with Gasteiger partial charge in [0.2, 0.25) is 0 Å². The van der Waals surface area contributed by atoms with Gasteiger partial charge in [-0.25, -0.2) is 14.3 Å². The standard InChI is InChI=1S/C26H19F2NO3/c1-16-22(12-13-26(30)29-31)25-15-19(28)6-11-23(25)24(16)14-17-2-7-20(8-3-17)32-21-9-4-18(27)5-10-21/h2-15,31H,1H3,(H,29,30)/b13-12+,24-14-. The first-order valence-corrected chi connectivity index (χ1v) is 9.83. The van der Waals surface area contributed by atoms with Crippen LogP contribution in [0.3, 0.4) is 0 Å². The molecule has 6 heteroatoms. The Morgan fingerprint density at radius 2 is 1.53 bits per heavy atom. The molecule has 0 saturated carbocycles. The first-order valence-electron chi connectivity index (χ1n) is 9.83. The Balaban J connectivity index is 1.65. The third-order valence-electron chi connectivity index (χ3n) is 5.12. The number of carbonyl (C=O) groups excluding carboxylic acids is 1. The number of carbonyl (C=O) groups is 1. The van der Waals surface area contributed by atoms with Crippen LogP contribution in [0.2, 0.25) is 0 Å². The number of hydrogen-bond donors (Lipinski definition) is 2. The zero-order valence-corrected chi connectivity index (χ0v) is 17.1. The average molecular weight is 431 g/mol. The summed E-state index contributed by atoms with van der Waals surface area (Å²) in [7, 11) is 0. The molecule has 4 nitrogen and oxygen atoms in total. The summed E-state index contributed by atoms with van der Waals surface area (Å²) in [6, 6.07) is 17.7. The Hall–Kier alpha value is -4.03. The van der Waals surface area contributed by atoms with Crippen LogP contribution >= 0.6 is 0 Å². The second-order valence-corrected chi connectivity index (χ2v) is 7.22. The zero-order valence-electron chi connectivity index (χ0n) is 17.1. The number of amides is 1. The van der Waals surface area contributed by atoms with Gasteiger partial charge in [-0.1, -0.05) is 18.2 Å². The summed E-state index contributed by atoms with van der Waals surface area (Å²) in [6.07, 6.45) is 4.72. The van der Waals surface area contributed by atoms with Crippen molar-refractivity contribution >= 4 is 23.1 Å². The number of halogens is 2. The van der Waals surface area contributed by atoms with E-state index in [4.69, 9.17) is 9.94 Å². The van der Waals surface area contributed by atoms with Crippen LogP contribution in [0.5, 0.6) is 11.5 Å². The second kappa shape index (κ2) is 8.99. The topological polar surface area (TPSA) is 58.6 Å². The van der Waals surface area contributed by atoms with Gasteiger partial charge in [0.1, 0.15) is 23.1 Å². The number of hydroxylamine groups is 1. The van der Waals surface area contributed by atoms with E-state index in [-0.39, 0.29) is 11.6 Å². The Labute approximate surface area is 183 Å². The second-order valence-electron chi connectivity index (χ2n) is 7.22. The molecule has 4 rings (SSSR count). The molecule has 3 aromatic carbocycles. The molecular formula is C26H19F2NO3. The van der Waals surface area contributed by atoms with Crippen molar-refractivity contribution in [3.8, 4) is 11.5 Å². The maximum atomic E-state index is 13.9. The number of allylic oxidation sites excluding steroid dienone is 4. The number of nitrogens with one attached hydrogen (secondary N) is 1. The van der Waals surface area contributed by atoms with Crippen molar-refractivity contribution < 1.29 is 23.5 Å². The molecule has 0 aliphatic heterocycles. The van der Waals surface area contributed by atoms with Crippen LogP contribution in [-0.4, -0.2) is 11.1 Å². The molecule has 0 saturated heterocycles. The van der Waals surface area contributed by atoms with Gasteiger partial charge in [-0.05, 0) is 101 Å². The third kappa shape index (κ3) is 4.50. The monoisotopic (exact) mass is 431 g/mol. The molecule has 0 bridgehead atoms. The van der Waals surface area contributed by atoms with Gasteiger partial charge in [0.25, 0.3) is 5.91 Å². The third-order valence-corrected chi connectivity index (χ3v) is 5.12. The smallest absolute Gasteiger partial charge is 0.267 e. The Bertz CT molecular complexity index is 1260. The number of ether oxygens (including phenoxy) is 1. The van der Waals surface area contributed by atoms with Crippen molar-refractivity contribution in [3.05, 3.63) is 113 Å². The summed E-state index contributed by atoms with van der Waals surface area (Å²) in [6.45, 7) is 1.90. The highest BCUT2D eigenvalue weighted by Crippen LogP contribution is 2.43. The molecule has 0 spiro atoms. The molecule has 0 heterocycles. The van der Waals surface area contributed by atoms with Crippen molar-refractivity contribution in [2.75, 3.05) is 0 Å². The highest BCUT2D eigenvalue weighted by molar-refractivity contribution is 6.08. The van der Waals surface area contributed by atoms with E-state index in [0.717, 1.165) is 22.3 Å². The van der Waals surface area contributed by atoms with Gasteiger partial charge in [0.05, 0.1) is 0 Å². The van der Waals surface area contributed by atoms with Crippen molar-refractivity contribution in [1.29, 1.82) is 0 Å². The molecule has 3 aromatic rings. The summed E-state index contributed by atoms with van der Waals surface area (Å²) < 4.78 is 32.7. The molecule has 1 aliphatic rings. The average Bonchev–Trinajstić information content (AvgIpc) is 3.05. The SMILES string of the molecule is CC1=C(/C=C/C(=O)NO)c2cc(F)ccc2/C1=C\c1ccc(Oc2ccc(F)cc2)cc1. The minimum Gasteiger partial charge on any atom is -0.457 e. The van der Waals surface area contributed by atoms with E-state index in [0.29, 0.717) is 22.6 Å². The normalized spacial score (nSPS) is 14.2. The minimum atomic E-state index is -0.669. The van der Waals surface area contributed by atoms with Gasteiger partial charge < -0.3 is 4.74 Å². The van der Waals surface area contributed by atoms with Crippen LogP contribution < -0.4 is 10.2 Å². The number of rotatable bonds is 5. The van der Waals surface area contributed by atoms with Crippen LogP contribution in [0, 0.1) is 11.6 Å². The molecule has 1 amide bonds. The lowest BCUT2D eigenvalue weighted by molar-refractivity contribution is -0.124. The van der Waals surface area contributed by atoms with Crippen LogP contribution in [-0.2, 0) is 4.79 Å². The highest BCUT2D eigenvalue weighted by Gasteiger charge is 2.23. The molecule has 1 aliphatic carbocycles. The number of fused-ring (bicyclic) bond motifs is 1. The maximum Gasteiger partial charge on any atom is 0.267 e. The van der Waals surface area contributed by atoms with Crippen LogP contribution in [0.15, 0.2) is 84.5 Å². The fourth-order valence-corrected chi connectivity index (χ4v) is 3.56. The predicted octanol–water partition coefficient (Wildman–Crippen LogP) is 6.15. The highest BCUT2D eigenvalue weighted by atomic mass is 19.1. The first kappa shape index (κ1) is 21.2. The quantitative estimate of drug-likeness (QED) is 0.290. The van der Waals surface area contributed by atoms with Crippen LogP contribution in [0.25, 0.3) is 17.2 Å². The van der Waals surface area contributed by atoms with Crippen molar-refractivity contribution in [3.63, 3.8) is 0 Å². The van der Waals surface area contributed by atoms with E-state index in [9.17, 15) is 13.6 Å². The van der Waals surface area contributed by atoms with Gasteiger partial charge in [-0.3, -0.25) is 10.0 Å². The summed E-state index contributed by atoms with van der Waals surface area (Å²) in [5.41, 5.74) is 6.44. The van der Waals surface area contributed by atoms with E-state index >= 15 is 0 Å². The lowest BCUT2D eigenvalue weighted by Crippen LogP contribution is -2.14. The molecule has 32 heavy (non-hydrogen) atoms. The molecular weight excluding hydrogens is 412 g/mol. The Morgan fingerprint density at radius 3 is 2.19 bits per heavy atom. The van der Waals surface area contributed by atoms with E-state index in [1.165, 1.54) is 30.3 Å². The van der Waals surface area contributed by atoms with Gasteiger partial charge in [-0.2, -0.15) is 0 Å². The largest absolute Gasteiger partial charge is 0.457 e. The summed E-state index contributed by atoms with van der Waals surface area (Å²) in [5.74, 6) is -0.231. The van der Waals surface area contributed by atoms with Crippen molar-refractivity contribution in [2.45, 2.75) is 6.92 Å². The molecule has 0 atom stereocenters. The zero-order chi connectivity index (χ0) is 22.7. The maximum absolute atomic E-state index is 13.9. The van der Waals surface area contributed by atoms with E-state index < -0.39 is 5.91 Å². The van der Waals surface area contributed by atoms with E-state index in [2.05, 4.69) is 0 Å². The summed E-state index contributed by atoms with van der Waals surface area (Å²) >= 11 is 0. The van der Waals surface area contributed by atoms with Gasteiger partial charge in [-0.15, -0.1) is 0 Å². The van der Waals surface area contributed by atoms with Gasteiger partial charge >= 0.3 is 0 Å². The lowest BCUT2D eigenvalue weighted by atomic mass is 10.0. The molecule has 0 radical (unpaired) electrons. The van der Waals surface area contributed by atoms with E-state index in [1.807, 2.05) is 37.3 Å². The fraction of sp³-hybridized carbons (Fsp3) is 0.0385. The van der Waals surface area contributed by atoms with Crippen molar-refractivity contribution in [2.24, 2.45) is 0 Å². The molecule has 2 N–H and O–H groups in total. The summed E-state index contributed by atoms with van der Waals surface area (Å²) in [5, 5.41) is 8.72. The number of benzene rings is 3. The molecule has 0 fully saturated rings. The minimum absolute atomic E-state index is 0.328. The van der Waals surface area contributed by atoms with Crippen molar-refractivity contribution in [1.82, 2.24) is 5.48 Å². The Morgan fingerprint density at radius 1 is 0.906 bits per heavy atom. The molecule has 0 unspecified atom stereocenters. The van der Waals surface area contributed by atoms with E-state index in [1.54, 1.807) is 29.8 Å². The van der Waals surface area contributed by atoms with Gasteiger partial charge in [0, 0.05) is 6.08 Å². The molecule has 0 aromatic heterocycles. The predicted molar refractivity (Wildman–Crippen MR) is 119 cm³/mol. The summed E-state index contributed by atoms with van der Waals surface area (Å²) in [4.78, 5) is 11.4. The Kier molecular flexibility index (Phi) is 5.96. The van der Waals surface area contributed by atoms with Crippen LogP contribution in [0.4, 0.5) is 8.78 Å².